The van der Waals surface area contributed by atoms with Gasteiger partial charge in [0.25, 0.3) is 0 Å². The van der Waals surface area contributed by atoms with E-state index in [1.807, 2.05) is 30.3 Å². The zero-order valence-corrected chi connectivity index (χ0v) is 21.7. The summed E-state index contributed by atoms with van der Waals surface area (Å²) < 4.78 is 26.9. The maximum absolute atomic E-state index is 12.8. The Labute approximate surface area is 221 Å². The van der Waals surface area contributed by atoms with E-state index in [-0.39, 0.29) is 28.8 Å². The zero-order chi connectivity index (χ0) is 27.1. The Hall–Kier alpha value is -4.42. The summed E-state index contributed by atoms with van der Waals surface area (Å²) in [7, 11) is -3.63. The number of aromatic nitrogens is 3. The van der Waals surface area contributed by atoms with Gasteiger partial charge in [-0.3, -0.25) is 10.1 Å². The van der Waals surface area contributed by atoms with Gasteiger partial charge >= 0.3 is 5.69 Å². The van der Waals surface area contributed by atoms with Crippen LogP contribution in [0.25, 0.3) is 0 Å². The summed E-state index contributed by atoms with van der Waals surface area (Å²) >= 11 is 0. The average molecular weight is 534 g/mol. The molecule has 0 unspecified atom stereocenters. The SMILES string of the molecule is CCN(CC)S(=O)(=O)c1ccc(Nc2ncnc(N(Cc3ccccc3)c3ccccn3)c2[N+](=O)[O-])cc1. The molecule has 0 spiro atoms. The summed E-state index contributed by atoms with van der Waals surface area (Å²) in [6.45, 7) is 4.53. The lowest BCUT2D eigenvalue weighted by molar-refractivity contribution is -0.383. The maximum atomic E-state index is 12.8. The van der Waals surface area contributed by atoms with Gasteiger partial charge in [0.15, 0.2) is 0 Å². The van der Waals surface area contributed by atoms with Crippen LogP contribution in [-0.2, 0) is 16.6 Å². The van der Waals surface area contributed by atoms with Crippen molar-refractivity contribution in [3.8, 4) is 0 Å². The first-order chi connectivity index (χ1) is 18.3. The molecule has 0 atom stereocenters. The summed E-state index contributed by atoms with van der Waals surface area (Å²) in [5.41, 5.74) is 1.00. The van der Waals surface area contributed by atoms with Gasteiger partial charge in [-0.05, 0) is 42.0 Å². The second kappa shape index (κ2) is 11.8. The van der Waals surface area contributed by atoms with E-state index in [1.165, 1.54) is 22.8 Å². The van der Waals surface area contributed by atoms with Gasteiger partial charge in [0, 0.05) is 25.0 Å². The molecule has 0 aliphatic carbocycles. The van der Waals surface area contributed by atoms with Gasteiger partial charge in [0.05, 0.1) is 16.4 Å². The fraction of sp³-hybridized carbons (Fsp3) is 0.192. The Kier molecular flexibility index (Phi) is 8.24. The molecule has 12 heteroatoms. The first-order valence-corrected chi connectivity index (χ1v) is 13.4. The minimum Gasteiger partial charge on any atom is -0.334 e. The summed E-state index contributed by atoms with van der Waals surface area (Å²) in [6, 6.07) is 20.8. The maximum Gasteiger partial charge on any atom is 0.354 e. The van der Waals surface area contributed by atoms with Crippen molar-refractivity contribution in [2.45, 2.75) is 25.3 Å². The quantitative estimate of drug-likeness (QED) is 0.211. The van der Waals surface area contributed by atoms with Crippen LogP contribution in [0.5, 0.6) is 0 Å². The van der Waals surface area contributed by atoms with Gasteiger partial charge in [-0.1, -0.05) is 50.2 Å². The van der Waals surface area contributed by atoms with E-state index in [4.69, 9.17) is 0 Å². The molecular formula is C26H27N7O4S. The van der Waals surface area contributed by atoms with Crippen LogP contribution >= 0.6 is 0 Å². The monoisotopic (exact) mass is 533 g/mol. The number of hydrogen-bond donors (Lipinski definition) is 1. The number of nitrogens with zero attached hydrogens (tertiary/aromatic N) is 6. The molecule has 0 saturated heterocycles. The van der Waals surface area contributed by atoms with Crippen molar-refractivity contribution in [1.29, 1.82) is 0 Å². The van der Waals surface area contributed by atoms with Crippen molar-refractivity contribution in [1.82, 2.24) is 19.3 Å². The molecule has 0 saturated carbocycles. The molecule has 0 amide bonds. The highest BCUT2D eigenvalue weighted by Crippen LogP contribution is 2.37. The van der Waals surface area contributed by atoms with Crippen LogP contribution in [0.3, 0.4) is 0 Å². The highest BCUT2D eigenvalue weighted by atomic mass is 32.2. The van der Waals surface area contributed by atoms with Gasteiger partial charge in [0.1, 0.15) is 12.1 Å². The molecular weight excluding hydrogens is 506 g/mol. The van der Waals surface area contributed by atoms with Crippen LogP contribution in [0, 0.1) is 10.1 Å². The molecule has 196 valence electrons. The Morgan fingerprint density at radius 3 is 2.18 bits per heavy atom. The highest BCUT2D eigenvalue weighted by molar-refractivity contribution is 7.89. The van der Waals surface area contributed by atoms with E-state index in [2.05, 4.69) is 20.3 Å². The van der Waals surface area contributed by atoms with Crippen molar-refractivity contribution in [2.75, 3.05) is 23.3 Å². The number of benzene rings is 2. The van der Waals surface area contributed by atoms with Gasteiger partial charge in [-0.2, -0.15) is 4.31 Å². The smallest absolute Gasteiger partial charge is 0.334 e. The number of nitro groups is 1. The highest BCUT2D eigenvalue weighted by Gasteiger charge is 2.29. The number of sulfonamides is 1. The third-order valence-corrected chi connectivity index (χ3v) is 7.87. The lowest BCUT2D eigenvalue weighted by atomic mass is 10.2. The summed E-state index contributed by atoms with van der Waals surface area (Å²) in [5.74, 6) is 0.513. The third-order valence-electron chi connectivity index (χ3n) is 5.81. The second-order valence-corrected chi connectivity index (χ2v) is 10.1. The molecule has 1 N–H and O–H groups in total. The molecule has 11 nitrogen and oxygen atoms in total. The Bertz CT molecular complexity index is 1480. The fourth-order valence-corrected chi connectivity index (χ4v) is 5.39. The van der Waals surface area contributed by atoms with E-state index in [1.54, 1.807) is 55.3 Å². The van der Waals surface area contributed by atoms with Crippen LogP contribution < -0.4 is 10.2 Å². The van der Waals surface area contributed by atoms with Crippen LogP contribution in [0.2, 0.25) is 0 Å². The minimum absolute atomic E-state index is 0.0339. The van der Waals surface area contributed by atoms with Gasteiger partial charge in [0.2, 0.25) is 21.7 Å². The fourth-order valence-electron chi connectivity index (χ4n) is 3.93. The minimum atomic E-state index is -3.63. The topological polar surface area (TPSA) is 134 Å². The first kappa shape index (κ1) is 26.6. The Morgan fingerprint density at radius 2 is 1.58 bits per heavy atom. The van der Waals surface area contributed by atoms with Crippen molar-refractivity contribution in [2.24, 2.45) is 0 Å². The van der Waals surface area contributed by atoms with Crippen LogP contribution in [0.4, 0.5) is 28.8 Å². The van der Waals surface area contributed by atoms with Crippen LogP contribution in [0.15, 0.2) is 90.2 Å². The second-order valence-electron chi connectivity index (χ2n) is 8.15. The molecule has 0 fully saturated rings. The largest absolute Gasteiger partial charge is 0.354 e. The zero-order valence-electron chi connectivity index (χ0n) is 20.9. The summed E-state index contributed by atoms with van der Waals surface area (Å²) in [6.07, 6.45) is 2.85. The van der Waals surface area contributed by atoms with E-state index in [0.717, 1.165) is 5.56 Å². The summed E-state index contributed by atoms with van der Waals surface area (Å²) in [5, 5.41) is 15.3. The number of pyridine rings is 1. The van der Waals surface area contributed by atoms with Crippen LogP contribution in [0.1, 0.15) is 19.4 Å². The molecule has 0 aliphatic rings. The van der Waals surface area contributed by atoms with Crippen LogP contribution in [-0.4, -0.2) is 45.7 Å². The normalized spacial score (nSPS) is 11.3. The van der Waals surface area contributed by atoms with E-state index < -0.39 is 14.9 Å². The van der Waals surface area contributed by atoms with E-state index in [9.17, 15) is 18.5 Å². The number of hydrogen-bond acceptors (Lipinski definition) is 9. The standard InChI is InChI=1S/C26H27N7O4S/c1-3-31(4-2)38(36,37)22-15-13-21(14-16-22)30-25-24(33(34)35)26(29-19-28-25)32(23-12-8-9-17-27-23)18-20-10-6-5-7-11-20/h5-17,19H,3-4,18H2,1-2H3,(H,28,29,30). The molecule has 38 heavy (non-hydrogen) atoms. The van der Waals surface area contributed by atoms with E-state index in [0.29, 0.717) is 24.6 Å². The average Bonchev–Trinajstić information content (AvgIpc) is 2.93. The van der Waals surface area contributed by atoms with Crippen molar-refractivity contribution in [3.05, 3.63) is 101 Å². The molecule has 2 aromatic heterocycles. The lowest BCUT2D eigenvalue weighted by Crippen LogP contribution is -2.30. The van der Waals surface area contributed by atoms with Crippen molar-refractivity contribution < 1.29 is 13.3 Å². The molecule has 4 aromatic rings. The molecule has 2 aromatic carbocycles. The van der Waals surface area contributed by atoms with E-state index >= 15 is 0 Å². The lowest BCUT2D eigenvalue weighted by Gasteiger charge is -2.23. The van der Waals surface area contributed by atoms with Crippen molar-refractivity contribution >= 4 is 38.9 Å². The molecule has 0 radical (unpaired) electrons. The van der Waals surface area contributed by atoms with Gasteiger partial charge in [-0.15, -0.1) is 0 Å². The van der Waals surface area contributed by atoms with Crippen molar-refractivity contribution in [3.63, 3.8) is 0 Å². The Morgan fingerprint density at radius 1 is 0.895 bits per heavy atom. The molecule has 0 aliphatic heterocycles. The van der Waals surface area contributed by atoms with Gasteiger partial charge in [-0.25, -0.2) is 23.4 Å². The number of nitrogens with one attached hydrogen (secondary N) is 1. The first-order valence-electron chi connectivity index (χ1n) is 11.9. The summed E-state index contributed by atoms with van der Waals surface area (Å²) in [4.78, 5) is 26.3. The molecule has 0 bridgehead atoms. The third kappa shape index (κ3) is 5.76. The number of rotatable bonds is 11. The molecule has 4 rings (SSSR count). The predicted octanol–water partition coefficient (Wildman–Crippen LogP) is 4.89. The molecule has 2 heterocycles. The number of anilines is 4. The Balaban J connectivity index is 1.72. The van der Waals surface area contributed by atoms with Gasteiger partial charge < -0.3 is 10.2 Å². The predicted molar refractivity (Wildman–Crippen MR) is 145 cm³/mol.